The molecule has 0 radical (unpaired) electrons. The largest absolute Gasteiger partial charge is 0.339 e. The minimum atomic E-state index is -0.244. The summed E-state index contributed by atoms with van der Waals surface area (Å²) < 4.78 is 0. The van der Waals surface area contributed by atoms with Crippen molar-refractivity contribution in [2.45, 2.75) is 40.2 Å². The Labute approximate surface area is 120 Å². The number of hydrogen-bond acceptors (Lipinski definition) is 2. The Hall–Kier alpha value is -1.84. The molecule has 0 spiro atoms. The first-order chi connectivity index (χ1) is 9.38. The summed E-state index contributed by atoms with van der Waals surface area (Å²) in [6.45, 7) is 8.53. The Morgan fingerprint density at radius 1 is 1.30 bits per heavy atom. The van der Waals surface area contributed by atoms with Crippen LogP contribution in [-0.2, 0) is 9.59 Å². The van der Waals surface area contributed by atoms with E-state index in [4.69, 9.17) is 0 Å². The quantitative estimate of drug-likeness (QED) is 0.920. The van der Waals surface area contributed by atoms with Crippen molar-refractivity contribution in [3.63, 3.8) is 0 Å². The third-order valence-electron chi connectivity index (χ3n) is 3.93. The minimum Gasteiger partial charge on any atom is -0.339 e. The van der Waals surface area contributed by atoms with Crippen LogP contribution in [0.15, 0.2) is 18.2 Å². The fourth-order valence-corrected chi connectivity index (χ4v) is 2.47. The maximum atomic E-state index is 12.2. The van der Waals surface area contributed by atoms with Gasteiger partial charge in [-0.1, -0.05) is 6.07 Å². The minimum absolute atomic E-state index is 0.0650. The topological polar surface area (TPSA) is 49.4 Å². The first-order valence-electron chi connectivity index (χ1n) is 7.06. The smallest absolute Gasteiger partial charge is 0.229 e. The lowest BCUT2D eigenvalue weighted by Crippen LogP contribution is -2.33. The van der Waals surface area contributed by atoms with Crippen molar-refractivity contribution in [2.24, 2.45) is 5.92 Å². The van der Waals surface area contributed by atoms with E-state index < -0.39 is 0 Å². The van der Waals surface area contributed by atoms with Crippen molar-refractivity contribution in [1.29, 1.82) is 0 Å². The second-order valence-electron chi connectivity index (χ2n) is 5.83. The molecule has 0 bridgehead atoms. The Bertz CT molecular complexity index is 537. The third kappa shape index (κ3) is 3.00. The molecule has 1 aliphatic rings. The van der Waals surface area contributed by atoms with E-state index in [2.05, 4.69) is 5.32 Å². The fraction of sp³-hybridized carbons (Fsp3) is 0.500. The molecule has 20 heavy (non-hydrogen) atoms. The molecule has 0 saturated carbocycles. The standard InChI is InChI=1S/C16H22N2O2/c1-10(2)18-9-13(8-15(18)19)16(20)17-14-6-5-11(3)12(4)7-14/h5-7,10,13H,8-9H2,1-4H3,(H,17,20)/t13-/m1/s1. The summed E-state index contributed by atoms with van der Waals surface area (Å²) >= 11 is 0. The van der Waals surface area contributed by atoms with E-state index in [1.807, 2.05) is 45.9 Å². The molecule has 2 amide bonds. The number of carbonyl (C=O) groups excluding carboxylic acids is 2. The van der Waals surface area contributed by atoms with Gasteiger partial charge in [-0.15, -0.1) is 0 Å². The summed E-state index contributed by atoms with van der Waals surface area (Å²) in [7, 11) is 0. The van der Waals surface area contributed by atoms with Gasteiger partial charge in [0.1, 0.15) is 0 Å². The molecular formula is C16H22N2O2. The van der Waals surface area contributed by atoms with Crippen molar-refractivity contribution >= 4 is 17.5 Å². The summed E-state index contributed by atoms with van der Waals surface area (Å²) in [5.41, 5.74) is 3.15. The van der Waals surface area contributed by atoms with Gasteiger partial charge in [-0.2, -0.15) is 0 Å². The molecule has 0 aromatic heterocycles. The Balaban J connectivity index is 2.02. The predicted molar refractivity (Wildman–Crippen MR) is 79.5 cm³/mol. The summed E-state index contributed by atoms with van der Waals surface area (Å²) in [6, 6.07) is 6.01. The average molecular weight is 274 g/mol. The van der Waals surface area contributed by atoms with Gasteiger partial charge < -0.3 is 10.2 Å². The Morgan fingerprint density at radius 2 is 2.00 bits per heavy atom. The second-order valence-corrected chi connectivity index (χ2v) is 5.83. The lowest BCUT2D eigenvalue weighted by Gasteiger charge is -2.20. The van der Waals surface area contributed by atoms with Crippen molar-refractivity contribution in [3.8, 4) is 0 Å². The molecule has 1 aromatic carbocycles. The van der Waals surface area contributed by atoms with Crippen molar-refractivity contribution < 1.29 is 9.59 Å². The molecule has 0 aliphatic carbocycles. The molecule has 1 aliphatic heterocycles. The van der Waals surface area contributed by atoms with Crippen LogP contribution in [0.25, 0.3) is 0 Å². The zero-order valence-electron chi connectivity index (χ0n) is 12.6. The number of likely N-dealkylation sites (tertiary alicyclic amines) is 1. The van der Waals surface area contributed by atoms with Crippen LogP contribution in [0, 0.1) is 19.8 Å². The van der Waals surface area contributed by atoms with Crippen LogP contribution in [0.5, 0.6) is 0 Å². The molecular weight excluding hydrogens is 252 g/mol. The van der Waals surface area contributed by atoms with E-state index in [1.165, 1.54) is 5.56 Å². The molecule has 4 heteroatoms. The van der Waals surface area contributed by atoms with Gasteiger partial charge in [0.15, 0.2) is 0 Å². The lowest BCUT2D eigenvalue weighted by molar-refractivity contribution is -0.129. The van der Waals surface area contributed by atoms with E-state index in [0.717, 1.165) is 11.3 Å². The number of carbonyl (C=O) groups is 2. The molecule has 0 unspecified atom stereocenters. The van der Waals surface area contributed by atoms with Gasteiger partial charge >= 0.3 is 0 Å². The highest BCUT2D eigenvalue weighted by Crippen LogP contribution is 2.22. The predicted octanol–water partition coefficient (Wildman–Crippen LogP) is 2.50. The van der Waals surface area contributed by atoms with E-state index >= 15 is 0 Å². The van der Waals surface area contributed by atoms with E-state index in [9.17, 15) is 9.59 Å². The van der Waals surface area contributed by atoms with Gasteiger partial charge in [-0.3, -0.25) is 9.59 Å². The molecule has 4 nitrogen and oxygen atoms in total. The summed E-state index contributed by atoms with van der Waals surface area (Å²) in [5, 5.41) is 2.91. The number of rotatable bonds is 3. The number of nitrogens with one attached hydrogen (secondary N) is 1. The number of amides is 2. The van der Waals surface area contributed by atoms with Crippen molar-refractivity contribution in [3.05, 3.63) is 29.3 Å². The Kier molecular flexibility index (Phi) is 4.12. The molecule has 1 saturated heterocycles. The molecule has 1 heterocycles. The van der Waals surface area contributed by atoms with Crippen LogP contribution in [0.1, 0.15) is 31.4 Å². The van der Waals surface area contributed by atoms with Crippen molar-refractivity contribution in [2.75, 3.05) is 11.9 Å². The maximum absolute atomic E-state index is 12.2. The Morgan fingerprint density at radius 3 is 2.55 bits per heavy atom. The maximum Gasteiger partial charge on any atom is 0.229 e. The zero-order chi connectivity index (χ0) is 14.9. The van der Waals surface area contributed by atoms with E-state index in [0.29, 0.717) is 13.0 Å². The molecule has 1 N–H and O–H groups in total. The molecule has 2 rings (SSSR count). The highest BCUT2D eigenvalue weighted by atomic mass is 16.2. The van der Waals surface area contributed by atoms with Crippen LogP contribution in [0.2, 0.25) is 0 Å². The fourth-order valence-electron chi connectivity index (χ4n) is 2.47. The molecule has 1 aromatic rings. The molecule has 1 atom stereocenters. The van der Waals surface area contributed by atoms with E-state index in [1.54, 1.807) is 4.90 Å². The highest BCUT2D eigenvalue weighted by Gasteiger charge is 2.35. The van der Waals surface area contributed by atoms with Gasteiger partial charge in [0.25, 0.3) is 0 Å². The molecule has 1 fully saturated rings. The number of benzene rings is 1. The molecule has 108 valence electrons. The normalized spacial score (nSPS) is 18.8. The van der Waals surface area contributed by atoms with Gasteiger partial charge in [-0.25, -0.2) is 0 Å². The first-order valence-corrected chi connectivity index (χ1v) is 7.06. The van der Waals surface area contributed by atoms with Crippen LogP contribution in [0.4, 0.5) is 5.69 Å². The lowest BCUT2D eigenvalue weighted by atomic mass is 10.1. The monoisotopic (exact) mass is 274 g/mol. The van der Waals surface area contributed by atoms with Crippen LogP contribution < -0.4 is 5.32 Å². The number of hydrogen-bond donors (Lipinski definition) is 1. The van der Waals surface area contributed by atoms with Gasteiger partial charge in [0.2, 0.25) is 11.8 Å². The number of nitrogens with zero attached hydrogens (tertiary/aromatic N) is 1. The van der Waals surface area contributed by atoms with Gasteiger partial charge in [0.05, 0.1) is 5.92 Å². The second kappa shape index (κ2) is 5.65. The first kappa shape index (κ1) is 14.6. The van der Waals surface area contributed by atoms with Gasteiger partial charge in [0, 0.05) is 24.7 Å². The average Bonchev–Trinajstić information content (AvgIpc) is 2.76. The number of anilines is 1. The van der Waals surface area contributed by atoms with Crippen LogP contribution in [0.3, 0.4) is 0 Å². The summed E-state index contributed by atoms with van der Waals surface area (Å²) in [4.78, 5) is 25.8. The number of aryl methyl sites for hydroxylation is 2. The van der Waals surface area contributed by atoms with Crippen molar-refractivity contribution in [1.82, 2.24) is 4.90 Å². The third-order valence-corrected chi connectivity index (χ3v) is 3.93. The van der Waals surface area contributed by atoms with Crippen LogP contribution in [-0.4, -0.2) is 29.3 Å². The zero-order valence-corrected chi connectivity index (χ0v) is 12.6. The van der Waals surface area contributed by atoms with Crippen LogP contribution >= 0.6 is 0 Å². The summed E-state index contributed by atoms with van der Waals surface area (Å²) in [6.07, 6.45) is 0.314. The SMILES string of the molecule is Cc1ccc(NC(=O)[C@@H]2CC(=O)N(C(C)C)C2)cc1C. The van der Waals surface area contributed by atoms with E-state index in [-0.39, 0.29) is 23.8 Å². The van der Waals surface area contributed by atoms with Gasteiger partial charge in [-0.05, 0) is 51.0 Å². The highest BCUT2D eigenvalue weighted by molar-refractivity contribution is 5.97. The summed E-state index contributed by atoms with van der Waals surface area (Å²) in [5.74, 6) is -0.239.